The number of aryl methyl sites for hydroxylation is 2. The molecule has 0 spiro atoms. The van der Waals surface area contributed by atoms with Crippen LogP contribution in [0.15, 0.2) is 60.8 Å². The molecule has 192 valence electrons. The number of benzene rings is 1. The predicted octanol–water partition coefficient (Wildman–Crippen LogP) is 2.43. The summed E-state index contributed by atoms with van der Waals surface area (Å²) in [6.07, 6.45) is 1.75. The van der Waals surface area contributed by atoms with E-state index < -0.39 is 23.4 Å². The monoisotopic (exact) mass is 504 g/mol. The molecule has 2 aromatic heterocycles. The molecule has 1 unspecified atom stereocenters. The molecule has 1 aliphatic heterocycles. The minimum Gasteiger partial charge on any atom is -0.489 e. The van der Waals surface area contributed by atoms with Gasteiger partial charge in [0.1, 0.15) is 30.3 Å². The van der Waals surface area contributed by atoms with Crippen LogP contribution in [-0.4, -0.2) is 51.0 Å². The van der Waals surface area contributed by atoms with E-state index in [0.29, 0.717) is 23.7 Å². The molecule has 1 aliphatic rings. The summed E-state index contributed by atoms with van der Waals surface area (Å²) in [5.41, 5.74) is 3.44. The van der Waals surface area contributed by atoms with Crippen molar-refractivity contribution in [3.8, 4) is 5.75 Å². The van der Waals surface area contributed by atoms with Gasteiger partial charge in [0.25, 0.3) is 11.8 Å². The van der Waals surface area contributed by atoms with Crippen molar-refractivity contribution in [3.63, 3.8) is 0 Å². The van der Waals surface area contributed by atoms with Gasteiger partial charge in [-0.3, -0.25) is 25.1 Å². The number of hydrogen-bond donors (Lipinski definition) is 4. The lowest BCUT2D eigenvalue weighted by Crippen LogP contribution is -2.53. The number of hydrogen-bond acceptors (Lipinski definition) is 7. The van der Waals surface area contributed by atoms with Crippen molar-refractivity contribution in [1.29, 1.82) is 0 Å². The highest BCUT2D eigenvalue weighted by atomic mass is 16.5. The molecule has 1 atom stereocenters. The normalized spacial score (nSPS) is 16.8. The molecule has 1 fully saturated rings. The largest absolute Gasteiger partial charge is 0.489 e. The van der Waals surface area contributed by atoms with E-state index in [-0.39, 0.29) is 19.5 Å². The molecule has 4 amide bonds. The van der Waals surface area contributed by atoms with Crippen molar-refractivity contribution in [2.75, 3.05) is 18.4 Å². The van der Waals surface area contributed by atoms with E-state index in [1.165, 1.54) is 16.6 Å². The van der Waals surface area contributed by atoms with Crippen molar-refractivity contribution in [1.82, 2.24) is 25.7 Å². The molecule has 3 aromatic rings. The van der Waals surface area contributed by atoms with Gasteiger partial charge >= 0.3 is 6.03 Å². The molecule has 0 bridgehead atoms. The van der Waals surface area contributed by atoms with E-state index in [9.17, 15) is 14.4 Å². The van der Waals surface area contributed by atoms with E-state index in [2.05, 4.69) is 20.6 Å². The van der Waals surface area contributed by atoms with Crippen LogP contribution in [0.5, 0.6) is 5.75 Å². The number of nitrogens with zero attached hydrogens (tertiary/aromatic N) is 3. The number of ether oxygens (including phenoxy) is 1. The Morgan fingerprint density at radius 1 is 1.11 bits per heavy atom. The third kappa shape index (κ3) is 6.01. The van der Waals surface area contributed by atoms with Gasteiger partial charge in [0.05, 0.1) is 0 Å². The zero-order valence-corrected chi connectivity index (χ0v) is 20.5. The van der Waals surface area contributed by atoms with Crippen molar-refractivity contribution >= 4 is 23.7 Å². The number of urea groups is 1. The Hall–Kier alpha value is -4.51. The summed E-state index contributed by atoms with van der Waals surface area (Å²) in [4.78, 5) is 47.8. The molecule has 1 saturated heterocycles. The van der Waals surface area contributed by atoms with Gasteiger partial charge < -0.3 is 15.0 Å². The Bertz CT molecular complexity index is 1260. The topological polar surface area (TPSA) is 146 Å². The minimum absolute atomic E-state index is 0.203. The zero-order chi connectivity index (χ0) is 26.4. The summed E-state index contributed by atoms with van der Waals surface area (Å²) in [5, 5.41) is 14.3. The number of anilines is 1. The summed E-state index contributed by atoms with van der Waals surface area (Å²) in [6.45, 7) is 4.06. The van der Waals surface area contributed by atoms with Gasteiger partial charge in [0, 0.05) is 30.6 Å². The van der Waals surface area contributed by atoms with Crippen molar-refractivity contribution in [3.05, 3.63) is 83.3 Å². The van der Waals surface area contributed by atoms with Crippen LogP contribution >= 0.6 is 0 Å². The van der Waals surface area contributed by atoms with Gasteiger partial charge in [-0.15, -0.1) is 0 Å². The molecule has 3 heterocycles. The quantitative estimate of drug-likeness (QED) is 0.272. The number of amides is 4. The number of carbonyl (C=O) groups is 3. The first-order valence-corrected chi connectivity index (χ1v) is 11.7. The molecular formula is C26H28N6O5. The van der Waals surface area contributed by atoms with Crippen LogP contribution in [0.1, 0.15) is 28.9 Å². The highest BCUT2D eigenvalue weighted by Crippen LogP contribution is 2.34. The predicted molar refractivity (Wildman–Crippen MR) is 134 cm³/mol. The van der Waals surface area contributed by atoms with E-state index in [4.69, 9.17) is 9.94 Å². The number of nitrogens with one attached hydrogen (secondary N) is 3. The van der Waals surface area contributed by atoms with Crippen LogP contribution in [0, 0.1) is 13.8 Å². The second-order valence-electron chi connectivity index (χ2n) is 8.78. The molecular weight excluding hydrogens is 476 g/mol. The molecule has 11 heteroatoms. The minimum atomic E-state index is -1.42. The Kier molecular flexibility index (Phi) is 7.63. The fraction of sp³-hybridized carbons (Fsp3) is 0.269. The van der Waals surface area contributed by atoms with Crippen LogP contribution in [0.3, 0.4) is 0 Å². The molecule has 1 aromatic carbocycles. The number of hydroxylamine groups is 1. The number of aromatic nitrogens is 2. The zero-order valence-electron chi connectivity index (χ0n) is 20.5. The van der Waals surface area contributed by atoms with Gasteiger partial charge in [-0.1, -0.05) is 18.2 Å². The van der Waals surface area contributed by atoms with Crippen LogP contribution in [0.25, 0.3) is 0 Å². The van der Waals surface area contributed by atoms with Crippen molar-refractivity contribution in [2.45, 2.75) is 32.4 Å². The molecule has 4 rings (SSSR count). The highest BCUT2D eigenvalue weighted by Gasteiger charge is 2.49. The Morgan fingerprint density at radius 2 is 1.84 bits per heavy atom. The first-order chi connectivity index (χ1) is 17.8. The third-order valence-corrected chi connectivity index (χ3v) is 6.00. The molecule has 0 radical (unpaired) electrons. The maximum Gasteiger partial charge on any atom is 0.321 e. The lowest BCUT2D eigenvalue weighted by molar-refractivity contribution is -0.139. The van der Waals surface area contributed by atoms with E-state index in [1.807, 2.05) is 26.0 Å². The second kappa shape index (κ2) is 11.0. The maximum absolute atomic E-state index is 13.5. The molecule has 11 nitrogen and oxygen atoms in total. The van der Waals surface area contributed by atoms with Crippen LogP contribution in [0.2, 0.25) is 0 Å². The second-order valence-corrected chi connectivity index (χ2v) is 8.78. The van der Waals surface area contributed by atoms with Gasteiger partial charge in [-0.2, -0.15) is 0 Å². The summed E-state index contributed by atoms with van der Waals surface area (Å²) in [7, 11) is 0. The SMILES string of the molecule is Cc1cc(COc2ccc(C3(NC(=O)Nc4ccccn4)CCN(CC(=O)NO)C3=O)cc2)cc(C)n1. The first kappa shape index (κ1) is 25.6. The summed E-state index contributed by atoms with van der Waals surface area (Å²) in [6, 6.07) is 15.2. The first-order valence-electron chi connectivity index (χ1n) is 11.7. The van der Waals surface area contributed by atoms with Gasteiger partial charge in [0.2, 0.25) is 0 Å². The van der Waals surface area contributed by atoms with Gasteiger partial charge in [0.15, 0.2) is 0 Å². The number of likely N-dealkylation sites (tertiary alicyclic amines) is 1. The average Bonchev–Trinajstić information content (AvgIpc) is 3.18. The van der Waals surface area contributed by atoms with Crippen molar-refractivity contribution in [2.24, 2.45) is 0 Å². The summed E-state index contributed by atoms with van der Waals surface area (Å²) in [5.74, 6) is -0.288. The highest BCUT2D eigenvalue weighted by molar-refractivity contribution is 5.98. The summed E-state index contributed by atoms with van der Waals surface area (Å²) < 4.78 is 5.92. The van der Waals surface area contributed by atoms with E-state index in [0.717, 1.165) is 17.0 Å². The average molecular weight is 505 g/mol. The van der Waals surface area contributed by atoms with Gasteiger partial charge in [-0.05, 0) is 61.4 Å². The fourth-order valence-electron chi connectivity index (χ4n) is 4.38. The standard InChI is InChI=1S/C26H28N6O5/c1-17-13-19(14-18(2)28-17)16-37-21-8-6-20(7-9-21)26(10-12-32(24(26)34)15-23(33)31-36)30-25(35)29-22-5-3-4-11-27-22/h3-9,11,13-14,36H,10,12,15-16H2,1-2H3,(H,31,33)(H2,27,29,30,35). The number of rotatable bonds is 8. The molecule has 0 aliphatic carbocycles. The van der Waals surface area contributed by atoms with Crippen LogP contribution in [-0.2, 0) is 21.7 Å². The lowest BCUT2D eigenvalue weighted by atomic mass is 9.88. The van der Waals surface area contributed by atoms with Gasteiger partial charge in [-0.25, -0.2) is 15.3 Å². The molecule has 0 saturated carbocycles. The molecule has 4 N–H and O–H groups in total. The van der Waals surface area contributed by atoms with Crippen molar-refractivity contribution < 1.29 is 24.3 Å². The van der Waals surface area contributed by atoms with Crippen LogP contribution in [0.4, 0.5) is 10.6 Å². The third-order valence-electron chi connectivity index (χ3n) is 6.00. The van der Waals surface area contributed by atoms with Crippen LogP contribution < -0.4 is 20.9 Å². The maximum atomic E-state index is 13.5. The Morgan fingerprint density at radius 3 is 2.49 bits per heavy atom. The smallest absolute Gasteiger partial charge is 0.321 e. The Balaban J connectivity index is 1.54. The number of carbonyl (C=O) groups excluding carboxylic acids is 3. The van der Waals surface area contributed by atoms with E-state index >= 15 is 0 Å². The Labute approximate surface area is 213 Å². The molecule has 37 heavy (non-hydrogen) atoms. The lowest BCUT2D eigenvalue weighted by Gasteiger charge is -2.29. The summed E-state index contributed by atoms with van der Waals surface area (Å²) >= 11 is 0. The van der Waals surface area contributed by atoms with E-state index in [1.54, 1.807) is 42.5 Å². The fourth-order valence-corrected chi connectivity index (χ4v) is 4.38. The number of pyridine rings is 2.